The molecule has 2 aliphatic rings. The van der Waals surface area contributed by atoms with E-state index in [4.69, 9.17) is 0 Å². The Bertz CT molecular complexity index is 735. The number of carbonyl (C=O) groups excluding carboxylic acids is 1. The summed E-state index contributed by atoms with van der Waals surface area (Å²) in [4.78, 5) is 35.7. The number of hydrogen-bond acceptors (Lipinski definition) is 6. The molecule has 0 saturated carbocycles. The average molecular weight is 349 g/mol. The summed E-state index contributed by atoms with van der Waals surface area (Å²) in [5.74, 6) is 0.430. The van der Waals surface area contributed by atoms with Crippen LogP contribution in [0, 0.1) is 6.92 Å². The Balaban J connectivity index is 1.81. The maximum absolute atomic E-state index is 12.7. The van der Waals surface area contributed by atoms with Crippen molar-refractivity contribution in [3.63, 3.8) is 0 Å². The predicted molar refractivity (Wildman–Crippen MR) is 93.6 cm³/mol. The Morgan fingerprint density at radius 2 is 1.80 bits per heavy atom. The van der Waals surface area contributed by atoms with Gasteiger partial charge in [0.15, 0.2) is 0 Å². The average Bonchev–Trinajstić information content (AvgIpc) is 2.56. The van der Waals surface area contributed by atoms with Crippen molar-refractivity contribution in [1.82, 2.24) is 24.3 Å². The van der Waals surface area contributed by atoms with Crippen molar-refractivity contribution in [2.75, 3.05) is 46.3 Å². The summed E-state index contributed by atoms with van der Waals surface area (Å²) in [7, 11) is 2.06. The number of fused-ring (bicyclic) bond motifs is 1. The molecule has 0 spiro atoms. The Labute approximate surface area is 147 Å². The Hall–Kier alpha value is -1.93. The molecule has 0 bridgehead atoms. The Morgan fingerprint density at radius 1 is 1.16 bits per heavy atom. The van der Waals surface area contributed by atoms with Gasteiger partial charge in [0, 0.05) is 39.3 Å². The van der Waals surface area contributed by atoms with Crippen LogP contribution in [0.5, 0.6) is 5.75 Å². The summed E-state index contributed by atoms with van der Waals surface area (Å²) in [5.41, 5.74) is -0.629. The van der Waals surface area contributed by atoms with Crippen LogP contribution in [0.25, 0.3) is 0 Å². The molecule has 3 heterocycles. The molecule has 1 aromatic rings. The number of nitrogens with zero attached hydrogens (tertiary/aromatic N) is 5. The SMILES string of the molecule is Cc1nc2n(c(=O)c1O)CCN(CC(=O)N1CCN(C)CC1)C2(C)C. The van der Waals surface area contributed by atoms with Crippen LogP contribution in [-0.2, 0) is 16.9 Å². The van der Waals surface area contributed by atoms with Gasteiger partial charge in [-0.15, -0.1) is 0 Å². The minimum Gasteiger partial charge on any atom is -0.502 e. The van der Waals surface area contributed by atoms with Crippen LogP contribution in [0.1, 0.15) is 25.4 Å². The molecular weight excluding hydrogens is 322 g/mol. The van der Waals surface area contributed by atoms with E-state index < -0.39 is 11.1 Å². The molecule has 8 heteroatoms. The summed E-state index contributed by atoms with van der Waals surface area (Å²) < 4.78 is 1.53. The lowest BCUT2D eigenvalue weighted by molar-refractivity contribution is -0.136. The third-order valence-corrected chi connectivity index (χ3v) is 5.43. The third-order valence-electron chi connectivity index (χ3n) is 5.43. The zero-order chi connectivity index (χ0) is 18.4. The van der Waals surface area contributed by atoms with Crippen LogP contribution in [0.15, 0.2) is 4.79 Å². The van der Waals surface area contributed by atoms with Crippen LogP contribution < -0.4 is 5.56 Å². The van der Waals surface area contributed by atoms with Crippen LogP contribution >= 0.6 is 0 Å². The lowest BCUT2D eigenvalue weighted by Gasteiger charge is -2.43. The predicted octanol–water partition coefficient (Wildman–Crippen LogP) is -0.418. The van der Waals surface area contributed by atoms with E-state index in [0.717, 1.165) is 26.2 Å². The number of aromatic hydroxyl groups is 1. The summed E-state index contributed by atoms with van der Waals surface area (Å²) >= 11 is 0. The summed E-state index contributed by atoms with van der Waals surface area (Å²) in [5, 5.41) is 9.86. The number of aromatic nitrogens is 2. The van der Waals surface area contributed by atoms with Crippen molar-refractivity contribution in [3.8, 4) is 5.75 Å². The van der Waals surface area contributed by atoms with Crippen molar-refractivity contribution < 1.29 is 9.90 Å². The number of piperazine rings is 1. The number of carbonyl (C=O) groups is 1. The molecule has 0 aliphatic carbocycles. The van der Waals surface area contributed by atoms with Crippen molar-refractivity contribution in [2.45, 2.75) is 32.9 Å². The highest BCUT2D eigenvalue weighted by atomic mass is 16.3. The van der Waals surface area contributed by atoms with Crippen molar-refractivity contribution in [3.05, 3.63) is 21.9 Å². The lowest BCUT2D eigenvalue weighted by Crippen LogP contribution is -2.57. The molecule has 8 nitrogen and oxygen atoms in total. The van der Waals surface area contributed by atoms with Gasteiger partial charge in [-0.3, -0.25) is 19.1 Å². The fraction of sp³-hybridized carbons (Fsp3) is 0.706. The molecule has 0 aromatic carbocycles. The second-order valence-electron chi connectivity index (χ2n) is 7.49. The standard InChI is InChI=1S/C17H27N5O3/c1-12-14(24)15(25)22-10-9-21(17(2,3)16(22)18-12)11-13(23)20-7-5-19(4)6-8-20/h24H,5-11H2,1-4H3. The van der Waals surface area contributed by atoms with Crippen LogP contribution in [0.3, 0.4) is 0 Å². The highest BCUT2D eigenvalue weighted by Crippen LogP contribution is 2.30. The molecule has 1 fully saturated rings. The zero-order valence-corrected chi connectivity index (χ0v) is 15.4. The first kappa shape index (κ1) is 17.9. The van der Waals surface area contributed by atoms with Gasteiger partial charge in [0.2, 0.25) is 11.7 Å². The van der Waals surface area contributed by atoms with E-state index in [9.17, 15) is 14.7 Å². The second-order valence-corrected chi connectivity index (χ2v) is 7.49. The highest BCUT2D eigenvalue weighted by Gasteiger charge is 2.39. The molecule has 1 saturated heterocycles. The van der Waals surface area contributed by atoms with Gasteiger partial charge in [0.25, 0.3) is 5.56 Å². The minimum atomic E-state index is -0.557. The van der Waals surface area contributed by atoms with Crippen LogP contribution in [0.2, 0.25) is 0 Å². The summed E-state index contributed by atoms with van der Waals surface area (Å²) in [6, 6.07) is 0. The normalized spacial score (nSPS) is 21.2. The van der Waals surface area contributed by atoms with E-state index in [1.54, 1.807) is 6.92 Å². The number of aryl methyl sites for hydroxylation is 1. The monoisotopic (exact) mass is 349 g/mol. The molecule has 3 rings (SSSR count). The smallest absolute Gasteiger partial charge is 0.296 e. The topological polar surface area (TPSA) is 81.9 Å². The van der Waals surface area contributed by atoms with Gasteiger partial charge < -0.3 is 14.9 Å². The van der Waals surface area contributed by atoms with E-state index >= 15 is 0 Å². The van der Waals surface area contributed by atoms with Crippen LogP contribution in [-0.4, -0.2) is 81.6 Å². The van der Waals surface area contributed by atoms with E-state index in [-0.39, 0.29) is 11.7 Å². The molecule has 25 heavy (non-hydrogen) atoms. The Kier molecular flexibility index (Phi) is 4.59. The highest BCUT2D eigenvalue weighted by molar-refractivity contribution is 5.78. The molecule has 1 N–H and O–H groups in total. The number of hydrogen-bond donors (Lipinski definition) is 1. The number of rotatable bonds is 2. The molecule has 2 aliphatic heterocycles. The van der Waals surface area contributed by atoms with Crippen molar-refractivity contribution in [2.24, 2.45) is 0 Å². The van der Waals surface area contributed by atoms with Gasteiger partial charge in [0.05, 0.1) is 17.8 Å². The third kappa shape index (κ3) is 3.16. The Morgan fingerprint density at radius 3 is 2.44 bits per heavy atom. The molecule has 1 amide bonds. The first-order valence-corrected chi connectivity index (χ1v) is 8.74. The van der Waals surface area contributed by atoms with E-state index in [0.29, 0.717) is 31.2 Å². The number of amides is 1. The lowest BCUT2D eigenvalue weighted by atomic mass is 9.98. The fourth-order valence-corrected chi connectivity index (χ4v) is 3.56. The van der Waals surface area contributed by atoms with E-state index in [1.165, 1.54) is 4.57 Å². The zero-order valence-electron chi connectivity index (χ0n) is 15.4. The minimum absolute atomic E-state index is 0.118. The van der Waals surface area contributed by atoms with E-state index in [2.05, 4.69) is 21.8 Å². The molecule has 1 aromatic heterocycles. The second kappa shape index (κ2) is 6.42. The molecular formula is C17H27N5O3. The molecule has 0 atom stereocenters. The first-order valence-electron chi connectivity index (χ1n) is 8.74. The van der Waals surface area contributed by atoms with Gasteiger partial charge in [-0.2, -0.15) is 0 Å². The van der Waals surface area contributed by atoms with Gasteiger partial charge in [0.1, 0.15) is 5.82 Å². The molecule has 0 radical (unpaired) electrons. The largest absolute Gasteiger partial charge is 0.502 e. The quantitative estimate of drug-likeness (QED) is 0.781. The maximum atomic E-state index is 12.7. The first-order chi connectivity index (χ1) is 11.7. The van der Waals surface area contributed by atoms with Crippen LogP contribution in [0.4, 0.5) is 0 Å². The maximum Gasteiger partial charge on any atom is 0.296 e. The van der Waals surface area contributed by atoms with E-state index in [1.807, 2.05) is 18.7 Å². The van der Waals surface area contributed by atoms with Gasteiger partial charge in [-0.1, -0.05) is 0 Å². The summed E-state index contributed by atoms with van der Waals surface area (Å²) in [6.45, 7) is 10.2. The fourth-order valence-electron chi connectivity index (χ4n) is 3.56. The van der Waals surface area contributed by atoms with Crippen molar-refractivity contribution >= 4 is 5.91 Å². The van der Waals surface area contributed by atoms with Gasteiger partial charge >= 0.3 is 0 Å². The van der Waals surface area contributed by atoms with Gasteiger partial charge in [-0.05, 0) is 27.8 Å². The van der Waals surface area contributed by atoms with Gasteiger partial charge in [-0.25, -0.2) is 4.98 Å². The van der Waals surface area contributed by atoms with Crippen molar-refractivity contribution in [1.29, 1.82) is 0 Å². The molecule has 0 unspecified atom stereocenters. The molecule has 138 valence electrons. The number of likely N-dealkylation sites (N-methyl/N-ethyl adjacent to an activating group) is 1. The summed E-state index contributed by atoms with van der Waals surface area (Å²) in [6.07, 6.45) is 0.